The van der Waals surface area contributed by atoms with E-state index < -0.39 is 0 Å². The van der Waals surface area contributed by atoms with Gasteiger partial charge in [0, 0.05) is 50.2 Å². The first-order valence-electron chi connectivity index (χ1n) is 9.36. The third-order valence-electron chi connectivity index (χ3n) is 5.37. The van der Waals surface area contributed by atoms with Crippen molar-refractivity contribution in [3.8, 4) is 0 Å². The van der Waals surface area contributed by atoms with Crippen LogP contribution >= 0.6 is 0 Å². The minimum absolute atomic E-state index is 0.0409. The van der Waals surface area contributed by atoms with Crippen LogP contribution in [0.2, 0.25) is 0 Å². The van der Waals surface area contributed by atoms with Gasteiger partial charge < -0.3 is 19.9 Å². The van der Waals surface area contributed by atoms with Gasteiger partial charge in [0.1, 0.15) is 0 Å². The fourth-order valence-electron chi connectivity index (χ4n) is 3.69. The lowest BCUT2D eigenvalue weighted by molar-refractivity contribution is -0.00910. The fourth-order valence-corrected chi connectivity index (χ4v) is 3.69. The zero-order valence-corrected chi connectivity index (χ0v) is 15.7. The van der Waals surface area contributed by atoms with Crippen molar-refractivity contribution >= 4 is 6.03 Å². The van der Waals surface area contributed by atoms with Crippen LogP contribution in [0.1, 0.15) is 38.3 Å². The summed E-state index contributed by atoms with van der Waals surface area (Å²) in [5, 5.41) is 3.09. The van der Waals surface area contributed by atoms with Crippen molar-refractivity contribution in [3.63, 3.8) is 0 Å². The van der Waals surface area contributed by atoms with Crippen molar-refractivity contribution in [1.29, 1.82) is 0 Å². The van der Waals surface area contributed by atoms with Crippen molar-refractivity contribution in [2.24, 2.45) is 0 Å². The molecule has 0 aromatic carbocycles. The molecule has 2 aliphatic rings. The predicted octanol–water partition coefficient (Wildman–Crippen LogP) is 0.770. The Labute approximate surface area is 153 Å². The molecule has 8 nitrogen and oxygen atoms in total. The molecule has 1 unspecified atom stereocenters. The van der Waals surface area contributed by atoms with Crippen LogP contribution in [0, 0.1) is 0 Å². The van der Waals surface area contributed by atoms with Crippen molar-refractivity contribution in [3.05, 3.63) is 28.4 Å². The van der Waals surface area contributed by atoms with Gasteiger partial charge in [0.2, 0.25) is 0 Å². The molecule has 2 fully saturated rings. The lowest BCUT2D eigenvalue weighted by Gasteiger charge is -2.41. The zero-order valence-electron chi connectivity index (χ0n) is 15.7. The predicted molar refractivity (Wildman–Crippen MR) is 98.3 cm³/mol. The van der Waals surface area contributed by atoms with Crippen LogP contribution in [0.15, 0.2) is 17.2 Å². The molecule has 3 rings (SSSR count). The van der Waals surface area contributed by atoms with Crippen molar-refractivity contribution in [2.75, 3.05) is 45.9 Å². The molecule has 1 atom stereocenters. The quantitative estimate of drug-likeness (QED) is 0.825. The topological polar surface area (TPSA) is 90.6 Å². The average Bonchev–Trinajstić information content (AvgIpc) is 2.67. The Balaban J connectivity index is 1.54. The molecule has 8 heteroatoms. The first-order chi connectivity index (χ1) is 12.5. The number of ether oxygens (including phenoxy) is 1. The Morgan fingerprint density at radius 2 is 2.15 bits per heavy atom. The zero-order chi connectivity index (χ0) is 18.6. The number of rotatable bonds is 4. The molecular formula is C18H29N5O3. The van der Waals surface area contributed by atoms with Crippen LogP contribution in [0.25, 0.3) is 0 Å². The molecule has 1 aromatic heterocycles. The van der Waals surface area contributed by atoms with E-state index in [1.54, 1.807) is 0 Å². The van der Waals surface area contributed by atoms with E-state index in [1.165, 1.54) is 12.4 Å². The number of nitrogens with one attached hydrogen (secondary N) is 2. The number of nitrogens with zero attached hydrogens (tertiary/aromatic N) is 3. The second-order valence-electron chi connectivity index (χ2n) is 7.69. The number of carbonyl (C=O) groups excluding carboxylic acids is 1. The van der Waals surface area contributed by atoms with Gasteiger partial charge in [0.05, 0.1) is 25.2 Å². The normalized spacial score (nSPS) is 22.2. The molecular weight excluding hydrogens is 334 g/mol. The number of aromatic amines is 1. The number of hydrogen-bond donors (Lipinski definition) is 2. The number of hydrogen-bond acceptors (Lipinski definition) is 5. The number of piperidine rings is 1. The molecule has 0 spiro atoms. The maximum atomic E-state index is 12.7. The Hall–Kier alpha value is -1.93. The maximum absolute atomic E-state index is 12.7. The Morgan fingerprint density at radius 3 is 2.88 bits per heavy atom. The summed E-state index contributed by atoms with van der Waals surface area (Å²) in [5.74, 6) is 0.115. The van der Waals surface area contributed by atoms with E-state index in [4.69, 9.17) is 4.74 Å². The van der Waals surface area contributed by atoms with Crippen LogP contribution in [0.3, 0.4) is 0 Å². The summed E-state index contributed by atoms with van der Waals surface area (Å²) in [5.41, 5.74) is 0.506. The molecule has 1 aromatic rings. The van der Waals surface area contributed by atoms with Crippen LogP contribution in [0.4, 0.5) is 4.79 Å². The summed E-state index contributed by atoms with van der Waals surface area (Å²) in [7, 11) is 0. The van der Waals surface area contributed by atoms with Gasteiger partial charge in [0.15, 0.2) is 0 Å². The Bertz CT molecular complexity index is 669. The van der Waals surface area contributed by atoms with Crippen molar-refractivity contribution < 1.29 is 9.53 Å². The summed E-state index contributed by atoms with van der Waals surface area (Å²) in [6, 6.07) is 1.49. The van der Waals surface area contributed by atoms with Gasteiger partial charge in [-0.25, -0.2) is 9.78 Å². The lowest BCUT2D eigenvalue weighted by Crippen LogP contribution is -2.57. The van der Waals surface area contributed by atoms with E-state index in [2.05, 4.69) is 34.0 Å². The van der Waals surface area contributed by atoms with Gasteiger partial charge in [-0.1, -0.05) is 0 Å². The monoisotopic (exact) mass is 363 g/mol. The van der Waals surface area contributed by atoms with Crippen LogP contribution in [-0.2, 0) is 4.74 Å². The van der Waals surface area contributed by atoms with E-state index in [-0.39, 0.29) is 23.0 Å². The molecule has 2 saturated heterocycles. The highest BCUT2D eigenvalue weighted by Crippen LogP contribution is 2.24. The van der Waals surface area contributed by atoms with Gasteiger partial charge in [-0.2, -0.15) is 0 Å². The molecule has 0 bridgehead atoms. The summed E-state index contributed by atoms with van der Waals surface area (Å²) >= 11 is 0. The second-order valence-corrected chi connectivity index (χ2v) is 7.69. The molecule has 3 heterocycles. The van der Waals surface area contributed by atoms with Crippen LogP contribution in [-0.4, -0.2) is 77.3 Å². The highest BCUT2D eigenvalue weighted by Gasteiger charge is 2.30. The van der Waals surface area contributed by atoms with Crippen LogP contribution in [0.5, 0.6) is 0 Å². The highest BCUT2D eigenvalue weighted by atomic mass is 16.5. The number of morpholine rings is 1. The minimum atomic E-state index is -0.149. The first-order valence-corrected chi connectivity index (χ1v) is 9.36. The molecule has 2 N–H and O–H groups in total. The first kappa shape index (κ1) is 18.8. The molecule has 0 radical (unpaired) electrons. The molecule has 0 aliphatic carbocycles. The summed E-state index contributed by atoms with van der Waals surface area (Å²) in [6.45, 7) is 9.50. The third-order valence-corrected chi connectivity index (χ3v) is 5.37. The maximum Gasteiger partial charge on any atom is 0.317 e. The molecule has 144 valence electrons. The van der Waals surface area contributed by atoms with E-state index in [0.29, 0.717) is 13.1 Å². The molecule has 2 amide bonds. The van der Waals surface area contributed by atoms with E-state index in [1.807, 2.05) is 4.90 Å². The number of amides is 2. The third kappa shape index (κ3) is 4.62. The summed E-state index contributed by atoms with van der Waals surface area (Å²) < 4.78 is 5.41. The van der Waals surface area contributed by atoms with E-state index in [0.717, 1.165) is 51.4 Å². The number of likely N-dealkylation sites (tertiary alicyclic amines) is 1. The average molecular weight is 363 g/mol. The van der Waals surface area contributed by atoms with Gasteiger partial charge in [-0.05, 0) is 26.7 Å². The standard InChI is InChI=1S/C18H29N5O3/c1-18(2,23-6-8-26-9-7-23)12-19-17(25)22-5-3-4-14(11-22)15-10-16(24)21-13-20-15/h10,13-14H,3-9,11-12H2,1-2H3,(H,19,25)(H,20,21,24). The number of aromatic nitrogens is 2. The highest BCUT2D eigenvalue weighted by molar-refractivity contribution is 5.74. The lowest BCUT2D eigenvalue weighted by atomic mass is 9.95. The molecule has 26 heavy (non-hydrogen) atoms. The van der Waals surface area contributed by atoms with Gasteiger partial charge in [-0.15, -0.1) is 0 Å². The van der Waals surface area contributed by atoms with Gasteiger partial charge >= 0.3 is 6.03 Å². The molecule has 2 aliphatic heterocycles. The van der Waals surface area contributed by atoms with Crippen molar-refractivity contribution in [2.45, 2.75) is 38.1 Å². The molecule has 0 saturated carbocycles. The fraction of sp³-hybridized carbons (Fsp3) is 0.722. The summed E-state index contributed by atoms with van der Waals surface area (Å²) in [4.78, 5) is 35.2. The van der Waals surface area contributed by atoms with Crippen LogP contribution < -0.4 is 10.9 Å². The van der Waals surface area contributed by atoms with E-state index in [9.17, 15) is 9.59 Å². The Kier molecular flexibility index (Phi) is 5.93. The second kappa shape index (κ2) is 8.18. The smallest absolute Gasteiger partial charge is 0.317 e. The summed E-state index contributed by atoms with van der Waals surface area (Å²) in [6.07, 6.45) is 3.29. The SMILES string of the molecule is CC(C)(CNC(=O)N1CCCC(c2cc(=O)[nH]cn2)C1)N1CCOCC1. The van der Waals surface area contributed by atoms with E-state index >= 15 is 0 Å². The van der Waals surface area contributed by atoms with Crippen molar-refractivity contribution in [1.82, 2.24) is 25.1 Å². The minimum Gasteiger partial charge on any atom is -0.379 e. The van der Waals surface area contributed by atoms with Gasteiger partial charge in [-0.3, -0.25) is 9.69 Å². The Morgan fingerprint density at radius 1 is 1.38 bits per heavy atom. The number of urea groups is 1. The number of H-pyrrole nitrogens is 1. The largest absolute Gasteiger partial charge is 0.379 e. The van der Waals surface area contributed by atoms with Gasteiger partial charge in [0.25, 0.3) is 5.56 Å². The number of carbonyl (C=O) groups is 1.